The maximum Gasteiger partial charge on any atom is 0.381 e. The standard InChI is InChI=1S/C7H5F9/c1-3(8)2-4(9,10)6(13,14)7(15,16)5(3,11)12/h2H2,1H3. The number of hydrogen-bond acceptors (Lipinski definition) is 0. The van der Waals surface area contributed by atoms with E-state index in [1.165, 1.54) is 0 Å². The van der Waals surface area contributed by atoms with Crippen molar-refractivity contribution in [3.63, 3.8) is 0 Å². The molecule has 0 aromatic rings. The first-order chi connectivity index (χ1) is 6.71. The number of hydrogen-bond donors (Lipinski definition) is 0. The van der Waals surface area contributed by atoms with E-state index in [9.17, 15) is 39.5 Å². The monoisotopic (exact) mass is 260 g/mol. The quantitative estimate of drug-likeness (QED) is 0.583. The molecule has 0 aliphatic heterocycles. The van der Waals surface area contributed by atoms with Crippen LogP contribution in [-0.4, -0.2) is 29.4 Å². The van der Waals surface area contributed by atoms with E-state index >= 15 is 0 Å². The Labute approximate surface area is 83.4 Å². The van der Waals surface area contributed by atoms with Crippen LogP contribution in [0.2, 0.25) is 0 Å². The fraction of sp³-hybridized carbons (Fsp3) is 1.00. The molecule has 0 aromatic heterocycles. The molecule has 1 atom stereocenters. The average Bonchev–Trinajstić information content (AvgIpc) is 1.98. The van der Waals surface area contributed by atoms with Crippen LogP contribution in [0.3, 0.4) is 0 Å². The topological polar surface area (TPSA) is 0 Å². The molecule has 0 N–H and O–H groups in total. The Kier molecular flexibility index (Phi) is 2.34. The fourth-order valence-electron chi connectivity index (χ4n) is 1.39. The molecule has 16 heavy (non-hydrogen) atoms. The number of rotatable bonds is 0. The number of halogens is 9. The Balaban J connectivity index is 3.43. The van der Waals surface area contributed by atoms with E-state index in [2.05, 4.69) is 0 Å². The Hall–Kier alpha value is -0.630. The van der Waals surface area contributed by atoms with Crippen molar-refractivity contribution in [2.24, 2.45) is 0 Å². The van der Waals surface area contributed by atoms with E-state index in [1.54, 1.807) is 0 Å². The Morgan fingerprint density at radius 3 is 1.38 bits per heavy atom. The van der Waals surface area contributed by atoms with Crippen LogP contribution in [0.5, 0.6) is 0 Å². The van der Waals surface area contributed by atoms with Crippen LogP contribution in [0.1, 0.15) is 13.3 Å². The molecule has 9 heteroatoms. The molecule has 96 valence electrons. The lowest BCUT2D eigenvalue weighted by molar-refractivity contribution is -0.422. The van der Waals surface area contributed by atoms with Crippen LogP contribution in [0.15, 0.2) is 0 Å². The van der Waals surface area contributed by atoms with Gasteiger partial charge in [-0.25, -0.2) is 4.39 Å². The average molecular weight is 260 g/mol. The van der Waals surface area contributed by atoms with Gasteiger partial charge < -0.3 is 0 Å². The second-order valence-electron chi connectivity index (χ2n) is 3.80. The third kappa shape index (κ3) is 1.20. The molecule has 1 unspecified atom stereocenters. The van der Waals surface area contributed by atoms with Gasteiger partial charge >= 0.3 is 23.7 Å². The molecular formula is C7H5F9. The van der Waals surface area contributed by atoms with Gasteiger partial charge in [0.15, 0.2) is 5.67 Å². The van der Waals surface area contributed by atoms with Gasteiger partial charge in [0.2, 0.25) is 0 Å². The fourth-order valence-corrected chi connectivity index (χ4v) is 1.39. The van der Waals surface area contributed by atoms with Gasteiger partial charge in [0, 0.05) is 0 Å². The highest BCUT2D eigenvalue weighted by atomic mass is 19.4. The second kappa shape index (κ2) is 2.79. The highest BCUT2D eigenvalue weighted by Crippen LogP contribution is 2.63. The zero-order valence-electron chi connectivity index (χ0n) is 7.61. The summed E-state index contributed by atoms with van der Waals surface area (Å²) in [5.74, 6) is -24.2. The third-order valence-electron chi connectivity index (χ3n) is 2.46. The number of alkyl halides is 9. The summed E-state index contributed by atoms with van der Waals surface area (Å²) < 4.78 is 113. The van der Waals surface area contributed by atoms with E-state index < -0.39 is 35.8 Å². The minimum absolute atomic E-state index is 0.260. The summed E-state index contributed by atoms with van der Waals surface area (Å²) in [6.07, 6.45) is -2.67. The molecule has 0 radical (unpaired) electrons. The Bertz CT molecular complexity index is 275. The van der Waals surface area contributed by atoms with Crippen molar-refractivity contribution in [3.05, 3.63) is 0 Å². The van der Waals surface area contributed by atoms with Crippen molar-refractivity contribution in [2.45, 2.75) is 42.7 Å². The lowest BCUT2D eigenvalue weighted by Gasteiger charge is -2.47. The van der Waals surface area contributed by atoms with Crippen LogP contribution >= 0.6 is 0 Å². The molecule has 0 amide bonds. The molecular weight excluding hydrogens is 255 g/mol. The van der Waals surface area contributed by atoms with E-state index in [-0.39, 0.29) is 6.92 Å². The molecule has 0 heterocycles. The normalized spacial score (nSPS) is 39.4. The maximum atomic E-state index is 12.9. The van der Waals surface area contributed by atoms with Crippen molar-refractivity contribution in [2.75, 3.05) is 0 Å². The summed E-state index contributed by atoms with van der Waals surface area (Å²) in [5, 5.41) is 0. The summed E-state index contributed by atoms with van der Waals surface area (Å²) in [4.78, 5) is 0. The van der Waals surface area contributed by atoms with Gasteiger partial charge in [-0.05, 0) is 6.92 Å². The SMILES string of the molecule is CC1(F)CC(F)(F)C(F)(F)C(F)(F)C1(F)F. The largest absolute Gasteiger partial charge is 0.381 e. The van der Waals surface area contributed by atoms with E-state index in [4.69, 9.17) is 0 Å². The van der Waals surface area contributed by atoms with Crippen LogP contribution in [-0.2, 0) is 0 Å². The molecule has 1 saturated carbocycles. The van der Waals surface area contributed by atoms with Gasteiger partial charge in [-0.3, -0.25) is 0 Å². The van der Waals surface area contributed by atoms with Gasteiger partial charge in [0.1, 0.15) is 0 Å². The minimum atomic E-state index is -6.45. The first-order valence-electron chi connectivity index (χ1n) is 3.91. The summed E-state index contributed by atoms with van der Waals surface area (Å²) in [6, 6.07) is 0. The van der Waals surface area contributed by atoms with Crippen LogP contribution in [0.4, 0.5) is 39.5 Å². The van der Waals surface area contributed by atoms with Gasteiger partial charge in [0.05, 0.1) is 6.42 Å². The summed E-state index contributed by atoms with van der Waals surface area (Å²) in [7, 11) is 0. The molecule has 1 aliphatic rings. The van der Waals surface area contributed by atoms with Crippen molar-refractivity contribution >= 4 is 0 Å². The molecule has 0 nitrogen and oxygen atoms in total. The second-order valence-corrected chi connectivity index (χ2v) is 3.80. The maximum absolute atomic E-state index is 12.9. The molecule has 1 aliphatic carbocycles. The van der Waals surface area contributed by atoms with Crippen LogP contribution < -0.4 is 0 Å². The van der Waals surface area contributed by atoms with Crippen molar-refractivity contribution in [1.29, 1.82) is 0 Å². The highest BCUT2D eigenvalue weighted by Gasteiger charge is 2.89. The van der Waals surface area contributed by atoms with E-state index in [1.807, 2.05) is 0 Å². The summed E-state index contributed by atoms with van der Waals surface area (Å²) in [5.41, 5.74) is -4.42. The Morgan fingerprint density at radius 1 is 0.625 bits per heavy atom. The predicted molar refractivity (Wildman–Crippen MR) is 33.9 cm³/mol. The van der Waals surface area contributed by atoms with Gasteiger partial charge in [-0.2, -0.15) is 35.1 Å². The summed E-state index contributed by atoms with van der Waals surface area (Å²) >= 11 is 0. The highest BCUT2D eigenvalue weighted by molar-refractivity contribution is 5.17. The first-order valence-corrected chi connectivity index (χ1v) is 3.91. The van der Waals surface area contributed by atoms with E-state index in [0.29, 0.717) is 0 Å². The lowest BCUT2D eigenvalue weighted by Crippen LogP contribution is -2.73. The van der Waals surface area contributed by atoms with Crippen molar-refractivity contribution in [1.82, 2.24) is 0 Å². The van der Waals surface area contributed by atoms with Crippen LogP contribution in [0.25, 0.3) is 0 Å². The molecule has 0 saturated heterocycles. The van der Waals surface area contributed by atoms with Crippen molar-refractivity contribution in [3.8, 4) is 0 Å². The van der Waals surface area contributed by atoms with Gasteiger partial charge in [-0.15, -0.1) is 0 Å². The van der Waals surface area contributed by atoms with Crippen LogP contribution in [0, 0.1) is 0 Å². The molecule has 1 fully saturated rings. The molecule has 0 bridgehead atoms. The van der Waals surface area contributed by atoms with E-state index in [0.717, 1.165) is 0 Å². The molecule has 1 rings (SSSR count). The smallest absolute Gasteiger partial charge is 0.237 e. The molecule has 0 aromatic carbocycles. The van der Waals surface area contributed by atoms with Gasteiger partial charge in [-0.1, -0.05) is 0 Å². The summed E-state index contributed by atoms with van der Waals surface area (Å²) in [6.45, 7) is -0.260. The minimum Gasteiger partial charge on any atom is -0.237 e. The lowest BCUT2D eigenvalue weighted by atomic mass is 9.76. The third-order valence-corrected chi connectivity index (χ3v) is 2.46. The molecule has 0 spiro atoms. The van der Waals surface area contributed by atoms with Gasteiger partial charge in [0.25, 0.3) is 0 Å². The zero-order chi connectivity index (χ0) is 13.2. The Morgan fingerprint density at radius 2 is 1.00 bits per heavy atom. The zero-order valence-corrected chi connectivity index (χ0v) is 7.61. The first kappa shape index (κ1) is 13.4. The van der Waals surface area contributed by atoms with Crippen molar-refractivity contribution < 1.29 is 39.5 Å². The predicted octanol–water partition coefficient (Wildman–Crippen LogP) is 3.66.